The highest BCUT2D eigenvalue weighted by molar-refractivity contribution is 5.75. The first kappa shape index (κ1) is 16.8. The summed E-state index contributed by atoms with van der Waals surface area (Å²) in [6.45, 7) is 10.3. The van der Waals surface area contributed by atoms with Crippen LogP contribution in [0.5, 0.6) is 0 Å². The fourth-order valence-electron chi connectivity index (χ4n) is 2.07. The molecule has 0 aromatic rings. The van der Waals surface area contributed by atoms with Crippen LogP contribution in [0.15, 0.2) is 0 Å². The number of carbonyl (C=O) groups is 2. The van der Waals surface area contributed by atoms with Gasteiger partial charge >= 0.3 is 12.1 Å². The summed E-state index contributed by atoms with van der Waals surface area (Å²) < 4.78 is 10.5. The van der Waals surface area contributed by atoms with E-state index in [1.165, 1.54) is 0 Å². The summed E-state index contributed by atoms with van der Waals surface area (Å²) in [5.41, 5.74) is -0.555. The molecule has 1 aliphatic heterocycles. The summed E-state index contributed by atoms with van der Waals surface area (Å²) in [6.07, 6.45) is -0.0143. The second-order valence-corrected chi connectivity index (χ2v) is 6.34. The van der Waals surface area contributed by atoms with Crippen LogP contribution in [0.2, 0.25) is 0 Å². The molecule has 2 N–H and O–H groups in total. The van der Waals surface area contributed by atoms with E-state index in [9.17, 15) is 9.59 Å². The smallest absolute Gasteiger partial charge is 0.407 e. The third-order valence-corrected chi connectivity index (χ3v) is 2.84. The Bertz CT molecular complexity index is 350. The van der Waals surface area contributed by atoms with Crippen LogP contribution in [0, 0.1) is 5.92 Å². The van der Waals surface area contributed by atoms with Crippen molar-refractivity contribution in [3.63, 3.8) is 0 Å². The van der Waals surface area contributed by atoms with E-state index in [1.807, 2.05) is 13.8 Å². The maximum atomic E-state index is 12.0. The molecule has 0 spiro atoms. The van der Waals surface area contributed by atoms with Crippen LogP contribution in [0.1, 0.15) is 41.0 Å². The lowest BCUT2D eigenvalue weighted by molar-refractivity contribution is -0.154. The molecule has 0 aliphatic carbocycles. The van der Waals surface area contributed by atoms with Crippen molar-refractivity contribution in [3.05, 3.63) is 0 Å². The number of nitrogens with one attached hydrogen (secondary N) is 2. The fraction of sp³-hybridized carbons (Fsp3) is 0.857. The Morgan fingerprint density at radius 1 is 1.30 bits per heavy atom. The molecule has 20 heavy (non-hydrogen) atoms. The maximum absolute atomic E-state index is 12.0. The van der Waals surface area contributed by atoms with Crippen LogP contribution < -0.4 is 10.6 Å². The minimum absolute atomic E-state index is 0.153. The van der Waals surface area contributed by atoms with Crippen LogP contribution in [0.25, 0.3) is 0 Å². The molecule has 2 atom stereocenters. The Morgan fingerprint density at radius 2 is 1.95 bits per heavy atom. The first-order valence-corrected chi connectivity index (χ1v) is 7.10. The molecule has 116 valence electrons. The Balaban J connectivity index is 2.60. The number of hydrogen-bond donors (Lipinski definition) is 2. The Kier molecular flexibility index (Phi) is 5.80. The van der Waals surface area contributed by atoms with Crippen molar-refractivity contribution in [3.8, 4) is 0 Å². The topological polar surface area (TPSA) is 76.7 Å². The van der Waals surface area contributed by atoms with Crippen LogP contribution in [0.4, 0.5) is 4.79 Å². The third-order valence-electron chi connectivity index (χ3n) is 2.84. The largest absolute Gasteiger partial charge is 0.463 e. The predicted molar refractivity (Wildman–Crippen MR) is 75.4 cm³/mol. The van der Waals surface area contributed by atoms with Gasteiger partial charge in [-0.2, -0.15) is 0 Å². The van der Waals surface area contributed by atoms with Crippen molar-refractivity contribution in [1.82, 2.24) is 10.6 Å². The van der Waals surface area contributed by atoms with E-state index in [0.29, 0.717) is 13.0 Å². The zero-order valence-corrected chi connectivity index (χ0v) is 13.0. The quantitative estimate of drug-likeness (QED) is 0.768. The molecule has 6 nitrogen and oxygen atoms in total. The van der Waals surface area contributed by atoms with Crippen LogP contribution in [-0.4, -0.2) is 42.9 Å². The molecule has 0 unspecified atom stereocenters. The van der Waals surface area contributed by atoms with E-state index >= 15 is 0 Å². The van der Waals surface area contributed by atoms with Crippen molar-refractivity contribution >= 4 is 12.1 Å². The average Bonchev–Trinajstić information content (AvgIpc) is 2.25. The number of alkyl carbamates (subject to hydrolysis) is 1. The molecule has 1 heterocycles. The van der Waals surface area contributed by atoms with Gasteiger partial charge in [-0.15, -0.1) is 0 Å². The molecule has 1 saturated heterocycles. The molecule has 0 aromatic carbocycles. The van der Waals surface area contributed by atoms with Crippen molar-refractivity contribution < 1.29 is 19.1 Å². The second kappa shape index (κ2) is 6.92. The second-order valence-electron chi connectivity index (χ2n) is 6.34. The molecule has 1 aliphatic rings. The molecule has 0 radical (unpaired) electrons. The van der Waals surface area contributed by atoms with E-state index in [-0.39, 0.29) is 24.0 Å². The highest BCUT2D eigenvalue weighted by atomic mass is 16.6. The highest BCUT2D eigenvalue weighted by Crippen LogP contribution is 2.16. The number of esters is 1. The van der Waals surface area contributed by atoms with Gasteiger partial charge in [0.05, 0.1) is 18.1 Å². The van der Waals surface area contributed by atoms with Crippen molar-refractivity contribution in [2.24, 2.45) is 5.92 Å². The number of amides is 1. The lowest BCUT2D eigenvalue weighted by Gasteiger charge is -2.32. The van der Waals surface area contributed by atoms with Crippen molar-refractivity contribution in [2.45, 2.75) is 58.8 Å². The van der Waals surface area contributed by atoms with Crippen LogP contribution in [0.3, 0.4) is 0 Å². The van der Waals surface area contributed by atoms with Gasteiger partial charge in [-0.3, -0.25) is 4.79 Å². The number of ether oxygens (including phenoxy) is 2. The van der Waals surface area contributed by atoms with Crippen molar-refractivity contribution in [2.75, 3.05) is 13.1 Å². The van der Waals surface area contributed by atoms with E-state index in [0.717, 1.165) is 6.54 Å². The summed E-state index contributed by atoms with van der Waals surface area (Å²) in [6, 6.07) is -0.301. The van der Waals surface area contributed by atoms with Gasteiger partial charge in [0.1, 0.15) is 5.60 Å². The highest BCUT2D eigenvalue weighted by Gasteiger charge is 2.34. The first-order valence-electron chi connectivity index (χ1n) is 7.10. The van der Waals surface area contributed by atoms with Crippen molar-refractivity contribution in [1.29, 1.82) is 0 Å². The SMILES string of the molecule is CC(C)OC(=O)[C@@H]1CCNC[C@H]1NC(=O)OC(C)(C)C. The molecule has 1 fully saturated rings. The minimum atomic E-state index is -0.555. The Hall–Kier alpha value is -1.30. The van der Waals surface area contributed by atoms with Gasteiger partial charge in [-0.1, -0.05) is 0 Å². The predicted octanol–water partition coefficient (Wildman–Crippen LogP) is 1.44. The number of piperidine rings is 1. The van der Waals surface area contributed by atoms with E-state index in [2.05, 4.69) is 10.6 Å². The van der Waals surface area contributed by atoms with E-state index in [1.54, 1.807) is 20.8 Å². The molecule has 1 rings (SSSR count). The fourth-order valence-corrected chi connectivity index (χ4v) is 2.07. The number of hydrogen-bond acceptors (Lipinski definition) is 5. The summed E-state index contributed by atoms with van der Waals surface area (Å²) >= 11 is 0. The first-order chi connectivity index (χ1) is 9.19. The zero-order valence-electron chi connectivity index (χ0n) is 13.0. The van der Waals surface area contributed by atoms with Crippen LogP contribution in [-0.2, 0) is 14.3 Å². The molecule has 6 heteroatoms. The standard InChI is InChI=1S/C14H26N2O4/c1-9(2)19-12(17)10-6-7-15-8-11(10)16-13(18)20-14(3,4)5/h9-11,15H,6-8H2,1-5H3,(H,16,18)/t10-,11-/m1/s1. The molecular formula is C14H26N2O4. The normalized spacial score (nSPS) is 23.3. The van der Waals surface area contributed by atoms with E-state index < -0.39 is 11.7 Å². The summed E-state index contributed by atoms with van der Waals surface area (Å²) in [4.78, 5) is 23.8. The van der Waals surface area contributed by atoms with Gasteiger partial charge in [0.15, 0.2) is 0 Å². The summed E-state index contributed by atoms with van der Waals surface area (Å²) in [7, 11) is 0. The lowest BCUT2D eigenvalue weighted by Crippen LogP contribution is -2.54. The summed E-state index contributed by atoms with van der Waals surface area (Å²) in [5, 5.41) is 5.92. The van der Waals surface area contributed by atoms with Gasteiger partial charge in [-0.05, 0) is 47.6 Å². The average molecular weight is 286 g/mol. The van der Waals surface area contributed by atoms with Gasteiger partial charge in [0.25, 0.3) is 0 Å². The van der Waals surface area contributed by atoms with Gasteiger partial charge in [0.2, 0.25) is 0 Å². The molecule has 0 aromatic heterocycles. The third kappa shape index (κ3) is 5.77. The number of rotatable bonds is 3. The van der Waals surface area contributed by atoms with Gasteiger partial charge in [-0.25, -0.2) is 4.79 Å². The Morgan fingerprint density at radius 3 is 2.50 bits per heavy atom. The maximum Gasteiger partial charge on any atom is 0.407 e. The molecule has 1 amide bonds. The van der Waals surface area contributed by atoms with E-state index in [4.69, 9.17) is 9.47 Å². The van der Waals surface area contributed by atoms with Gasteiger partial charge in [0, 0.05) is 6.54 Å². The Labute approximate surface area is 120 Å². The molecular weight excluding hydrogens is 260 g/mol. The molecule has 0 saturated carbocycles. The molecule has 0 bridgehead atoms. The number of carbonyl (C=O) groups excluding carboxylic acids is 2. The lowest BCUT2D eigenvalue weighted by atomic mass is 9.93. The van der Waals surface area contributed by atoms with Crippen LogP contribution >= 0.6 is 0 Å². The minimum Gasteiger partial charge on any atom is -0.463 e. The zero-order chi connectivity index (χ0) is 15.3. The van der Waals surface area contributed by atoms with Gasteiger partial charge < -0.3 is 20.1 Å². The summed E-state index contributed by atoms with van der Waals surface area (Å²) in [5.74, 6) is -0.589. The monoisotopic (exact) mass is 286 g/mol.